The number of para-hydroxylation sites is 2. The van der Waals surface area contributed by atoms with Gasteiger partial charge in [-0.15, -0.1) is 11.3 Å². The summed E-state index contributed by atoms with van der Waals surface area (Å²) in [5.41, 5.74) is 10.2. The highest BCUT2D eigenvalue weighted by Gasteiger charge is 2.58. The zero-order valence-corrected chi connectivity index (χ0v) is 49.9. The van der Waals surface area contributed by atoms with Crippen LogP contribution >= 0.6 is 11.3 Å². The molecule has 3 aliphatic heterocycles. The van der Waals surface area contributed by atoms with Gasteiger partial charge in [0.1, 0.15) is 5.58 Å². The van der Waals surface area contributed by atoms with Crippen LogP contribution in [0.2, 0.25) is 0 Å². The average Bonchev–Trinajstić information content (AvgIpc) is 1.16. The quantitative estimate of drug-likeness (QED) is 0.130. The summed E-state index contributed by atoms with van der Waals surface area (Å²) in [4.78, 5) is 8.34. The van der Waals surface area contributed by atoms with E-state index in [4.69, 9.17) is 7.16 Å². The molecule has 79 heavy (non-hydrogen) atoms. The molecule has 1 saturated carbocycles. The van der Waals surface area contributed by atoms with Crippen molar-refractivity contribution in [3.63, 3.8) is 0 Å². The number of furan rings is 1. The molecule has 0 N–H and O–H groups in total. The molecule has 402 valence electrons. The number of benzene rings is 7. The van der Waals surface area contributed by atoms with Crippen LogP contribution in [0.3, 0.4) is 0 Å². The Morgan fingerprint density at radius 3 is 1.92 bits per heavy atom. The molecule has 4 nitrogen and oxygen atoms in total. The largest absolute Gasteiger partial charge is 0.454 e. The van der Waals surface area contributed by atoms with E-state index in [0.717, 1.165) is 89.0 Å². The van der Waals surface area contributed by atoms with Gasteiger partial charge in [-0.3, -0.25) is 0 Å². The molecule has 9 aromatic rings. The lowest BCUT2D eigenvalue weighted by atomic mass is 9.33. The highest BCUT2D eigenvalue weighted by molar-refractivity contribution is 7.19. The number of anilines is 8. The first kappa shape index (κ1) is 41.7. The molecule has 7 aromatic carbocycles. The molecular formula is C73H80BN3OS. The highest BCUT2D eigenvalue weighted by atomic mass is 32.1. The minimum Gasteiger partial charge on any atom is -0.454 e. The Morgan fingerprint density at radius 1 is 0.557 bits per heavy atom. The molecule has 0 amide bonds. The van der Waals surface area contributed by atoms with Gasteiger partial charge in [0.2, 0.25) is 0 Å². The van der Waals surface area contributed by atoms with Crippen LogP contribution < -0.4 is 31.1 Å². The maximum atomic E-state index is 10.8. The van der Waals surface area contributed by atoms with Crippen LogP contribution in [0, 0.1) is 0 Å². The third-order valence-electron chi connectivity index (χ3n) is 19.5. The van der Waals surface area contributed by atoms with Crippen molar-refractivity contribution in [3.05, 3.63) is 160 Å². The van der Waals surface area contributed by atoms with Crippen molar-refractivity contribution < 1.29 is 16.8 Å². The fourth-order valence-corrected chi connectivity index (χ4v) is 16.5. The van der Waals surface area contributed by atoms with Crippen molar-refractivity contribution in [1.82, 2.24) is 0 Å². The number of thiophene rings is 1. The van der Waals surface area contributed by atoms with Crippen molar-refractivity contribution >= 4 is 112 Å². The molecule has 0 bridgehead atoms. The Kier molecular flexibility index (Phi) is 8.81. The first-order chi connectivity index (χ1) is 41.1. The zero-order chi connectivity index (χ0) is 63.1. The van der Waals surface area contributed by atoms with Gasteiger partial charge in [-0.25, -0.2) is 0 Å². The molecule has 6 heteroatoms. The fraction of sp³-hybridized carbons (Fsp3) is 0.397. The molecule has 0 radical (unpaired) electrons. The van der Waals surface area contributed by atoms with Crippen LogP contribution in [0.4, 0.5) is 45.5 Å². The van der Waals surface area contributed by atoms with Crippen molar-refractivity contribution in [2.45, 2.75) is 187 Å². The molecule has 2 aliphatic carbocycles. The number of hydrogen-bond acceptors (Lipinski definition) is 5. The molecule has 1 fully saturated rings. The Hall–Kier alpha value is -6.24. The minimum atomic E-state index is -0.768. The molecule has 5 heterocycles. The molecule has 5 aliphatic rings. The minimum absolute atomic E-state index is 0.00563. The summed E-state index contributed by atoms with van der Waals surface area (Å²) in [5.74, 6) is 0. The summed E-state index contributed by atoms with van der Waals surface area (Å²) in [5, 5.41) is 1.27. The number of hydrogen-bond donors (Lipinski definition) is 0. The van der Waals surface area contributed by atoms with Gasteiger partial charge in [0.05, 0.1) is 23.6 Å². The average molecular weight is 1070 g/mol. The normalized spacial score (nSPS) is 22.8. The van der Waals surface area contributed by atoms with Crippen molar-refractivity contribution in [2.24, 2.45) is 0 Å². The summed E-state index contributed by atoms with van der Waals surface area (Å²) < 4.78 is 97.8. The van der Waals surface area contributed by atoms with Crippen LogP contribution in [0.15, 0.2) is 132 Å². The predicted octanol–water partition coefficient (Wildman–Crippen LogP) is 19.3. The smallest absolute Gasteiger partial charge is 0.252 e. The van der Waals surface area contributed by atoms with Gasteiger partial charge in [0.15, 0.2) is 5.58 Å². The lowest BCUT2D eigenvalue weighted by Gasteiger charge is -2.51. The summed E-state index contributed by atoms with van der Waals surface area (Å²) in [7, 11) is 0. The predicted molar refractivity (Wildman–Crippen MR) is 342 cm³/mol. The van der Waals surface area contributed by atoms with Crippen LogP contribution in [0.1, 0.15) is 194 Å². The molecular weight excluding hydrogens is 978 g/mol. The van der Waals surface area contributed by atoms with Gasteiger partial charge in [0.25, 0.3) is 6.71 Å². The van der Waals surface area contributed by atoms with E-state index >= 15 is 0 Å². The standard InChI is InChI=1S/C73H80BN3OS/c1-67(2,3)44-27-29-47(30-28-44)75-57-42-52-61(79-66-62(52)70(10,11)33-22-34-71(66,12)13)43-55(57)74-54-32-31-51-50-23-16-19-26-60(50)78-65(51)64(54)76(48-38-45(68(4,5)6)37-46(39-48)69(7,8)9)59-41-49(40-58(75)63(59)74)77-56-25-18-17-24-53(56)72(14)35-20-21-36-73(72,77)15/h16-19,23-32,37-43H,20-22,33-36H2,1-15H3/i16D,19D,23D,26D,31D,32D,37D,38D,39D. The van der Waals surface area contributed by atoms with Crippen LogP contribution in [-0.2, 0) is 32.5 Å². The maximum absolute atomic E-state index is 10.8. The topological polar surface area (TPSA) is 22.9 Å². The lowest BCUT2D eigenvalue weighted by Crippen LogP contribution is -2.61. The van der Waals surface area contributed by atoms with E-state index in [2.05, 4.69) is 145 Å². The van der Waals surface area contributed by atoms with E-state index < -0.39 is 41.2 Å². The first-order valence-electron chi connectivity index (χ1n) is 33.6. The zero-order valence-electron chi connectivity index (χ0n) is 58.1. The summed E-state index contributed by atoms with van der Waals surface area (Å²) >= 11 is 1.86. The third-order valence-corrected chi connectivity index (χ3v) is 21.1. The Morgan fingerprint density at radius 2 is 1.22 bits per heavy atom. The maximum Gasteiger partial charge on any atom is 0.252 e. The van der Waals surface area contributed by atoms with E-state index in [9.17, 15) is 9.60 Å². The van der Waals surface area contributed by atoms with Gasteiger partial charge in [0, 0.05) is 65.6 Å². The highest BCUT2D eigenvalue weighted by Crippen LogP contribution is 2.62. The Bertz CT molecular complexity index is 4520. The van der Waals surface area contributed by atoms with Gasteiger partial charge in [-0.1, -0.05) is 183 Å². The van der Waals surface area contributed by atoms with Crippen LogP contribution in [0.25, 0.3) is 32.0 Å². The SMILES string of the molecule is [2H]c1c(N2c3cc(N4c5ccccc5C5(C)CCCCC45C)cc4c3B(c3cc5sc6c(c5cc3N4c3ccc(C(C)(C)C)cc3)C(C)(C)CCCC6(C)C)c3c([2H])c([2H])c4c(oc5c([2H])c([2H])c([2H])c([2H])c54)c32)c([2H])c(C(C)(C)C)c([2H])c1C(C)(C)C. The van der Waals surface area contributed by atoms with Crippen LogP contribution in [0.5, 0.6) is 0 Å². The summed E-state index contributed by atoms with van der Waals surface area (Å²) in [6.45, 7) is 32.4. The van der Waals surface area contributed by atoms with Crippen molar-refractivity contribution in [2.75, 3.05) is 14.7 Å². The van der Waals surface area contributed by atoms with E-state index in [1.165, 1.54) is 27.0 Å². The monoisotopic (exact) mass is 1070 g/mol. The Labute approximate surface area is 487 Å². The molecule has 14 rings (SSSR count). The Balaban J connectivity index is 1.24. The van der Waals surface area contributed by atoms with E-state index in [1.54, 1.807) is 0 Å². The third kappa shape index (κ3) is 7.30. The second kappa shape index (κ2) is 16.7. The molecule has 2 atom stereocenters. The molecule has 0 spiro atoms. The number of nitrogens with zero attached hydrogens (tertiary/aromatic N) is 3. The van der Waals surface area contributed by atoms with E-state index in [1.807, 2.05) is 57.8 Å². The molecule has 2 unspecified atom stereocenters. The van der Waals surface area contributed by atoms with Crippen molar-refractivity contribution in [3.8, 4) is 0 Å². The van der Waals surface area contributed by atoms with Gasteiger partial charge < -0.3 is 19.1 Å². The van der Waals surface area contributed by atoms with E-state index in [-0.39, 0.29) is 85.5 Å². The van der Waals surface area contributed by atoms with Crippen molar-refractivity contribution in [1.29, 1.82) is 0 Å². The second-order valence-electron chi connectivity index (χ2n) is 28.8. The van der Waals surface area contributed by atoms with Gasteiger partial charge in [-0.05, 0) is 170 Å². The van der Waals surface area contributed by atoms with Gasteiger partial charge in [-0.2, -0.15) is 0 Å². The number of rotatable bonds is 3. The first-order valence-corrected chi connectivity index (χ1v) is 29.9. The van der Waals surface area contributed by atoms with Crippen LogP contribution in [-0.4, -0.2) is 12.3 Å². The molecule has 2 aromatic heterocycles. The summed E-state index contributed by atoms with van der Waals surface area (Å²) in [6, 6.07) is 25.2. The fourth-order valence-electron chi connectivity index (χ4n) is 14.9. The van der Waals surface area contributed by atoms with Gasteiger partial charge >= 0.3 is 0 Å². The second-order valence-corrected chi connectivity index (χ2v) is 29.8. The number of fused-ring (bicyclic) bond motifs is 14. The molecule has 0 saturated heterocycles. The lowest BCUT2D eigenvalue weighted by molar-refractivity contribution is 0.195. The van der Waals surface area contributed by atoms with E-state index in [0.29, 0.717) is 28.0 Å². The summed E-state index contributed by atoms with van der Waals surface area (Å²) in [6.07, 6.45) is 7.27.